The molecule has 0 aliphatic heterocycles. The molecule has 0 saturated heterocycles. The SMILES string of the molecule is CCS(=O)(=O)Nc1ccc(Oc2c(C)cc(F)cc2C)c(-c2cn(C)c(=O)cc2O[C@H]2CC[C@H](NC(=O)O)CC2)c1. The molecule has 1 fully saturated rings. The van der Waals surface area contributed by atoms with Crippen molar-refractivity contribution in [2.75, 3.05) is 10.5 Å². The van der Waals surface area contributed by atoms with Crippen molar-refractivity contribution >= 4 is 21.8 Å². The van der Waals surface area contributed by atoms with Crippen molar-refractivity contribution in [1.29, 1.82) is 0 Å². The van der Waals surface area contributed by atoms with E-state index < -0.39 is 16.1 Å². The fourth-order valence-electron chi connectivity index (χ4n) is 4.90. The van der Waals surface area contributed by atoms with Crippen molar-refractivity contribution in [2.24, 2.45) is 7.05 Å². The summed E-state index contributed by atoms with van der Waals surface area (Å²) in [5.74, 6) is 0.572. The van der Waals surface area contributed by atoms with Crippen LogP contribution >= 0.6 is 0 Å². The van der Waals surface area contributed by atoms with Gasteiger partial charge in [0, 0.05) is 42.2 Å². The van der Waals surface area contributed by atoms with Crippen LogP contribution in [-0.4, -0.2) is 42.1 Å². The molecule has 10 nitrogen and oxygen atoms in total. The molecule has 1 aliphatic carbocycles. The molecule has 0 spiro atoms. The van der Waals surface area contributed by atoms with Crippen LogP contribution in [0.2, 0.25) is 0 Å². The summed E-state index contributed by atoms with van der Waals surface area (Å²) < 4.78 is 55.2. The number of aromatic nitrogens is 1. The van der Waals surface area contributed by atoms with E-state index in [1.165, 1.54) is 29.7 Å². The molecule has 1 heterocycles. The Labute approximate surface area is 238 Å². The zero-order valence-electron chi connectivity index (χ0n) is 23.4. The van der Waals surface area contributed by atoms with Crippen molar-refractivity contribution in [1.82, 2.24) is 9.88 Å². The third kappa shape index (κ3) is 7.37. The summed E-state index contributed by atoms with van der Waals surface area (Å²) >= 11 is 0. The van der Waals surface area contributed by atoms with Crippen LogP contribution in [0.1, 0.15) is 43.7 Å². The first-order chi connectivity index (χ1) is 19.3. The molecule has 1 amide bonds. The molecule has 1 aliphatic rings. The minimum atomic E-state index is -3.59. The number of rotatable bonds is 9. The highest BCUT2D eigenvalue weighted by Gasteiger charge is 2.26. The minimum Gasteiger partial charge on any atom is -0.490 e. The topological polar surface area (TPSA) is 136 Å². The normalized spacial score (nSPS) is 17.1. The Morgan fingerprint density at radius 1 is 1.05 bits per heavy atom. The smallest absolute Gasteiger partial charge is 0.404 e. The quantitative estimate of drug-likeness (QED) is 0.308. The summed E-state index contributed by atoms with van der Waals surface area (Å²) in [6.07, 6.45) is 2.59. The lowest BCUT2D eigenvalue weighted by atomic mass is 9.93. The maximum absolute atomic E-state index is 14.0. The number of pyridine rings is 1. The number of amides is 1. The number of hydrogen-bond acceptors (Lipinski definition) is 6. The van der Waals surface area contributed by atoms with Gasteiger partial charge in [0.1, 0.15) is 23.1 Å². The van der Waals surface area contributed by atoms with Crippen LogP contribution in [0.4, 0.5) is 14.9 Å². The number of halogens is 1. The highest BCUT2D eigenvalue weighted by atomic mass is 32.2. The number of nitrogens with one attached hydrogen (secondary N) is 2. The molecule has 1 saturated carbocycles. The van der Waals surface area contributed by atoms with E-state index >= 15 is 0 Å². The van der Waals surface area contributed by atoms with E-state index in [1.54, 1.807) is 45.3 Å². The van der Waals surface area contributed by atoms with Crippen molar-refractivity contribution in [2.45, 2.75) is 58.6 Å². The molecule has 12 heteroatoms. The second-order valence-corrected chi connectivity index (χ2v) is 12.2. The first kappa shape index (κ1) is 29.9. The van der Waals surface area contributed by atoms with Gasteiger partial charge in [0.15, 0.2) is 0 Å². The number of sulfonamides is 1. The van der Waals surface area contributed by atoms with Crippen molar-refractivity contribution in [3.05, 3.63) is 69.9 Å². The molecule has 1 aromatic heterocycles. The molecular formula is C29H34FN3O7S. The number of hydrogen-bond donors (Lipinski definition) is 3. The molecular weight excluding hydrogens is 553 g/mol. The molecule has 3 N–H and O–H groups in total. The number of nitrogens with zero attached hydrogens (tertiary/aromatic N) is 1. The van der Waals surface area contributed by atoms with Crippen molar-refractivity contribution < 1.29 is 32.2 Å². The van der Waals surface area contributed by atoms with Crippen LogP contribution in [0.25, 0.3) is 11.1 Å². The minimum absolute atomic E-state index is 0.123. The molecule has 220 valence electrons. The van der Waals surface area contributed by atoms with Crippen LogP contribution in [0.15, 0.2) is 47.4 Å². The predicted molar refractivity (Wildman–Crippen MR) is 154 cm³/mol. The van der Waals surface area contributed by atoms with Gasteiger partial charge < -0.3 is 24.5 Å². The first-order valence-electron chi connectivity index (χ1n) is 13.3. The van der Waals surface area contributed by atoms with Gasteiger partial charge in [0.2, 0.25) is 10.0 Å². The summed E-state index contributed by atoms with van der Waals surface area (Å²) in [6.45, 7) is 4.98. The van der Waals surface area contributed by atoms with Gasteiger partial charge in [0.25, 0.3) is 5.56 Å². The molecule has 0 unspecified atom stereocenters. The van der Waals surface area contributed by atoms with Gasteiger partial charge in [-0.15, -0.1) is 0 Å². The Bertz CT molecular complexity index is 1590. The van der Waals surface area contributed by atoms with E-state index in [4.69, 9.17) is 14.6 Å². The summed E-state index contributed by atoms with van der Waals surface area (Å²) in [6, 6.07) is 8.72. The molecule has 0 atom stereocenters. The van der Waals surface area contributed by atoms with Gasteiger partial charge in [0.05, 0.1) is 11.9 Å². The second-order valence-electron chi connectivity index (χ2n) is 10.2. The highest BCUT2D eigenvalue weighted by molar-refractivity contribution is 7.92. The Hall–Kier alpha value is -4.06. The van der Waals surface area contributed by atoms with Gasteiger partial charge >= 0.3 is 6.09 Å². The van der Waals surface area contributed by atoms with Gasteiger partial charge in [-0.1, -0.05) is 0 Å². The van der Waals surface area contributed by atoms with Crippen LogP contribution < -0.4 is 25.1 Å². The first-order valence-corrected chi connectivity index (χ1v) is 15.0. The van der Waals surface area contributed by atoms with E-state index in [-0.39, 0.29) is 35.0 Å². The Kier molecular flexibility index (Phi) is 8.91. The predicted octanol–water partition coefficient (Wildman–Crippen LogP) is 5.32. The van der Waals surface area contributed by atoms with Gasteiger partial charge in [-0.05, 0) is 87.9 Å². The van der Waals surface area contributed by atoms with Crippen molar-refractivity contribution in [3.8, 4) is 28.4 Å². The van der Waals surface area contributed by atoms with Gasteiger partial charge in [-0.2, -0.15) is 0 Å². The lowest BCUT2D eigenvalue weighted by Crippen LogP contribution is -2.39. The summed E-state index contributed by atoms with van der Waals surface area (Å²) in [7, 11) is -2.00. The van der Waals surface area contributed by atoms with Crippen LogP contribution in [0.5, 0.6) is 17.2 Å². The maximum Gasteiger partial charge on any atom is 0.404 e. The molecule has 4 rings (SSSR count). The molecule has 3 aromatic rings. The molecule has 0 radical (unpaired) electrons. The van der Waals surface area contributed by atoms with Crippen LogP contribution in [0.3, 0.4) is 0 Å². The fraction of sp³-hybridized carbons (Fsp3) is 0.379. The Morgan fingerprint density at radius 3 is 2.32 bits per heavy atom. The Morgan fingerprint density at radius 2 is 1.71 bits per heavy atom. The Balaban J connectivity index is 1.78. The van der Waals surface area contributed by atoms with Crippen LogP contribution in [0, 0.1) is 19.7 Å². The van der Waals surface area contributed by atoms with E-state index in [0.717, 1.165) is 0 Å². The van der Waals surface area contributed by atoms with E-state index in [1.807, 2.05) is 0 Å². The lowest BCUT2D eigenvalue weighted by Gasteiger charge is -2.29. The number of carboxylic acid groups (broad SMARTS) is 1. The van der Waals surface area contributed by atoms with E-state index in [0.29, 0.717) is 65.1 Å². The molecule has 0 bridgehead atoms. The largest absolute Gasteiger partial charge is 0.490 e. The zero-order valence-corrected chi connectivity index (χ0v) is 24.2. The maximum atomic E-state index is 14.0. The number of benzene rings is 2. The third-order valence-corrected chi connectivity index (χ3v) is 8.35. The molecule has 2 aromatic carbocycles. The number of ether oxygens (including phenoxy) is 2. The van der Waals surface area contributed by atoms with Crippen molar-refractivity contribution in [3.63, 3.8) is 0 Å². The van der Waals surface area contributed by atoms with Crippen LogP contribution in [-0.2, 0) is 17.1 Å². The lowest BCUT2D eigenvalue weighted by molar-refractivity contribution is 0.134. The number of aryl methyl sites for hydroxylation is 3. The number of carbonyl (C=O) groups is 1. The van der Waals surface area contributed by atoms with E-state index in [9.17, 15) is 22.4 Å². The summed E-state index contributed by atoms with van der Waals surface area (Å²) in [5, 5.41) is 11.5. The number of anilines is 1. The standard InChI is InChI=1S/C29H34FN3O7S/c1-5-41(37,38)32-21-8-11-25(40-28-17(2)12-19(30)13-18(28)3)23(14-21)24-16-33(4)27(34)15-26(24)39-22-9-6-20(7-10-22)31-29(35)36/h8,11-16,20,22,31-32H,5-7,9-10H2,1-4H3,(H,35,36)/t20-,22-. The monoisotopic (exact) mass is 587 g/mol. The molecule has 41 heavy (non-hydrogen) atoms. The average molecular weight is 588 g/mol. The average Bonchev–Trinajstić information content (AvgIpc) is 2.89. The van der Waals surface area contributed by atoms with Gasteiger partial charge in [-0.3, -0.25) is 9.52 Å². The van der Waals surface area contributed by atoms with Gasteiger partial charge in [-0.25, -0.2) is 17.6 Å². The summed E-state index contributed by atoms with van der Waals surface area (Å²) in [5.41, 5.74) is 2.09. The second kappa shape index (κ2) is 12.2. The highest BCUT2D eigenvalue weighted by Crippen LogP contribution is 2.42. The fourth-order valence-corrected chi connectivity index (χ4v) is 5.54. The van der Waals surface area contributed by atoms with E-state index in [2.05, 4.69) is 10.0 Å². The third-order valence-electron chi connectivity index (χ3n) is 7.05. The summed E-state index contributed by atoms with van der Waals surface area (Å²) in [4.78, 5) is 23.7. The zero-order chi connectivity index (χ0) is 29.9.